The van der Waals surface area contributed by atoms with Gasteiger partial charge in [0, 0.05) is 19.0 Å². The van der Waals surface area contributed by atoms with E-state index in [-0.39, 0.29) is 37.2 Å². The summed E-state index contributed by atoms with van der Waals surface area (Å²) in [6.45, 7) is 2.58. The number of hydrogen-bond acceptors (Lipinski definition) is 7. The van der Waals surface area contributed by atoms with Gasteiger partial charge in [0.2, 0.25) is 5.91 Å². The zero-order valence-electron chi connectivity index (χ0n) is 19.1. The van der Waals surface area contributed by atoms with Crippen molar-refractivity contribution < 1.29 is 37.1 Å². The van der Waals surface area contributed by atoms with Gasteiger partial charge in [-0.3, -0.25) is 19.3 Å². The molecule has 10 nitrogen and oxygen atoms in total. The number of carbonyl (C=O) groups excluding carboxylic acids is 3. The highest BCUT2D eigenvalue weighted by atomic mass is 19.3. The molecule has 3 aliphatic rings. The molecule has 0 spiro atoms. The predicted molar refractivity (Wildman–Crippen MR) is 119 cm³/mol. The Bertz CT molecular complexity index is 946. The van der Waals surface area contributed by atoms with Gasteiger partial charge < -0.3 is 20.3 Å². The molecule has 1 aromatic carbocycles. The lowest BCUT2D eigenvalue weighted by atomic mass is 9.97. The van der Waals surface area contributed by atoms with Crippen LogP contribution in [0, 0.1) is 11.7 Å². The van der Waals surface area contributed by atoms with E-state index in [1.54, 1.807) is 11.0 Å². The first-order valence-electron chi connectivity index (χ1n) is 11.6. The second-order valence-electron chi connectivity index (χ2n) is 8.58. The molecule has 35 heavy (non-hydrogen) atoms. The van der Waals surface area contributed by atoms with Crippen LogP contribution in [0.2, 0.25) is 0 Å². The van der Waals surface area contributed by atoms with E-state index < -0.39 is 30.3 Å². The highest BCUT2D eigenvalue weighted by Crippen LogP contribution is 2.28. The number of carbonyl (C=O) groups is 3. The van der Waals surface area contributed by atoms with Gasteiger partial charge in [-0.15, -0.1) is 0 Å². The third-order valence-corrected chi connectivity index (χ3v) is 6.28. The van der Waals surface area contributed by atoms with Gasteiger partial charge in [-0.05, 0) is 44.1 Å². The van der Waals surface area contributed by atoms with Crippen LogP contribution in [-0.4, -0.2) is 87.9 Å². The number of hydroxylamine groups is 2. The van der Waals surface area contributed by atoms with Gasteiger partial charge in [-0.1, -0.05) is 0 Å². The van der Waals surface area contributed by atoms with Crippen LogP contribution in [-0.2, 0) is 19.2 Å². The van der Waals surface area contributed by atoms with Crippen molar-refractivity contribution in [1.29, 1.82) is 0 Å². The highest BCUT2D eigenvalue weighted by molar-refractivity contribution is 5.90. The van der Waals surface area contributed by atoms with Crippen molar-refractivity contribution in [2.75, 3.05) is 62.2 Å². The number of hydrogen-bond donors (Lipinski definition) is 2. The maximum absolute atomic E-state index is 15.0. The normalized spacial score (nSPS) is 21.8. The van der Waals surface area contributed by atoms with E-state index in [1.807, 2.05) is 5.32 Å². The summed E-state index contributed by atoms with van der Waals surface area (Å²) in [4.78, 5) is 44.6. The number of piperidine rings is 1. The molecule has 0 aromatic heterocycles. The summed E-state index contributed by atoms with van der Waals surface area (Å²) in [7, 11) is 0. The van der Waals surface area contributed by atoms with Crippen LogP contribution in [0.4, 0.5) is 29.3 Å². The molecule has 13 heteroatoms. The van der Waals surface area contributed by atoms with Crippen LogP contribution in [0.1, 0.15) is 12.8 Å². The Morgan fingerprint density at radius 2 is 1.94 bits per heavy atom. The summed E-state index contributed by atoms with van der Waals surface area (Å²) >= 11 is 0. The number of rotatable bonds is 6. The lowest BCUT2D eigenvalue weighted by Crippen LogP contribution is -2.42. The smallest absolute Gasteiger partial charge is 0.414 e. The van der Waals surface area contributed by atoms with E-state index in [1.165, 1.54) is 22.1 Å². The average molecular weight is 499 g/mol. The standard InChI is InChI=1S/C22H28F3N5O5/c23-17-11-15(29-13-16(35-22(29)33)12-27-20(31)19(24)25)1-2-18(17)28-7-8-30(34-10-9-28)21(32)14-3-5-26-6-4-14/h1-2,11,14,16,19,26H,3-10,12-13H2,(H,27,31). The first-order chi connectivity index (χ1) is 16.8. The predicted octanol–water partition coefficient (Wildman–Crippen LogP) is 1.11. The molecule has 3 saturated heterocycles. The minimum Gasteiger partial charge on any atom is -0.442 e. The zero-order chi connectivity index (χ0) is 24.9. The van der Waals surface area contributed by atoms with Gasteiger partial charge in [0.25, 0.3) is 5.91 Å². The topological polar surface area (TPSA) is 103 Å². The summed E-state index contributed by atoms with van der Waals surface area (Å²) in [6.07, 6.45) is -3.24. The van der Waals surface area contributed by atoms with Gasteiger partial charge in [-0.2, -0.15) is 8.78 Å². The molecule has 3 aliphatic heterocycles. The van der Waals surface area contributed by atoms with E-state index >= 15 is 4.39 Å². The van der Waals surface area contributed by atoms with Crippen LogP contribution in [0.3, 0.4) is 0 Å². The van der Waals surface area contributed by atoms with Crippen LogP contribution < -0.4 is 20.4 Å². The number of cyclic esters (lactones) is 1. The minimum atomic E-state index is -3.16. The first-order valence-corrected chi connectivity index (χ1v) is 11.6. The number of anilines is 2. The number of nitrogens with one attached hydrogen (secondary N) is 2. The molecule has 1 unspecified atom stereocenters. The fourth-order valence-corrected chi connectivity index (χ4v) is 4.39. The van der Waals surface area contributed by atoms with Crippen LogP contribution >= 0.6 is 0 Å². The summed E-state index contributed by atoms with van der Waals surface area (Å²) < 4.78 is 44.8. The molecular formula is C22H28F3N5O5. The SMILES string of the molecule is O=C(NCC1CN(c2ccc(N3CCON(C(=O)C4CCNCC4)CC3)c(F)c2)C(=O)O1)C(F)F. The summed E-state index contributed by atoms with van der Waals surface area (Å²) in [5.41, 5.74) is 0.551. The number of alkyl halides is 2. The first kappa shape index (κ1) is 25.0. The van der Waals surface area contributed by atoms with Gasteiger partial charge in [0.15, 0.2) is 0 Å². The lowest BCUT2D eigenvalue weighted by Gasteiger charge is -2.28. The molecule has 192 valence electrons. The number of ether oxygens (including phenoxy) is 1. The van der Waals surface area contributed by atoms with Crippen molar-refractivity contribution in [3.8, 4) is 0 Å². The van der Waals surface area contributed by atoms with Crippen LogP contribution in [0.5, 0.6) is 0 Å². The van der Waals surface area contributed by atoms with Gasteiger partial charge in [-0.25, -0.2) is 14.2 Å². The van der Waals surface area contributed by atoms with Crippen LogP contribution in [0.25, 0.3) is 0 Å². The van der Waals surface area contributed by atoms with Crippen molar-refractivity contribution in [1.82, 2.24) is 15.7 Å². The fraction of sp³-hybridized carbons (Fsp3) is 0.591. The zero-order valence-corrected chi connectivity index (χ0v) is 19.1. The lowest BCUT2D eigenvalue weighted by molar-refractivity contribution is -0.187. The Morgan fingerprint density at radius 3 is 2.66 bits per heavy atom. The Morgan fingerprint density at radius 1 is 1.17 bits per heavy atom. The van der Waals surface area contributed by atoms with Gasteiger partial charge in [0.1, 0.15) is 11.9 Å². The molecule has 0 aliphatic carbocycles. The maximum Gasteiger partial charge on any atom is 0.414 e. The molecule has 1 atom stereocenters. The summed E-state index contributed by atoms with van der Waals surface area (Å²) in [6, 6.07) is 4.29. The molecule has 3 heterocycles. The monoisotopic (exact) mass is 499 g/mol. The largest absolute Gasteiger partial charge is 0.442 e. The number of nitrogens with zero attached hydrogens (tertiary/aromatic N) is 3. The van der Waals surface area contributed by atoms with Crippen molar-refractivity contribution >= 4 is 29.3 Å². The Hall–Kier alpha value is -3.06. The molecule has 3 fully saturated rings. The van der Waals surface area contributed by atoms with Crippen molar-refractivity contribution in [2.24, 2.45) is 5.92 Å². The number of benzene rings is 1. The Labute approximate surface area is 200 Å². The van der Waals surface area contributed by atoms with E-state index in [9.17, 15) is 23.2 Å². The minimum absolute atomic E-state index is 0.0214. The molecule has 3 amide bonds. The van der Waals surface area contributed by atoms with Gasteiger partial charge >= 0.3 is 12.5 Å². The highest BCUT2D eigenvalue weighted by Gasteiger charge is 2.34. The molecule has 2 N–H and O–H groups in total. The van der Waals surface area contributed by atoms with Gasteiger partial charge in [0.05, 0.1) is 37.6 Å². The molecule has 0 bridgehead atoms. The Balaban J connectivity index is 1.35. The second-order valence-corrected chi connectivity index (χ2v) is 8.58. The Kier molecular flexibility index (Phi) is 7.96. The van der Waals surface area contributed by atoms with Crippen molar-refractivity contribution in [3.63, 3.8) is 0 Å². The van der Waals surface area contributed by atoms with Crippen molar-refractivity contribution in [2.45, 2.75) is 25.4 Å². The van der Waals surface area contributed by atoms with Crippen LogP contribution in [0.15, 0.2) is 18.2 Å². The third-order valence-electron chi connectivity index (χ3n) is 6.28. The number of amides is 3. The molecule has 0 saturated carbocycles. The molecule has 0 radical (unpaired) electrons. The van der Waals surface area contributed by atoms with E-state index in [0.717, 1.165) is 25.9 Å². The van der Waals surface area contributed by atoms with E-state index in [0.29, 0.717) is 25.3 Å². The maximum atomic E-state index is 15.0. The molecule has 4 rings (SSSR count). The molecular weight excluding hydrogens is 471 g/mol. The number of halogens is 3. The average Bonchev–Trinajstić information content (AvgIpc) is 3.06. The quantitative estimate of drug-likeness (QED) is 0.605. The van der Waals surface area contributed by atoms with Crippen molar-refractivity contribution in [3.05, 3.63) is 24.0 Å². The van der Waals surface area contributed by atoms with E-state index in [2.05, 4.69) is 5.32 Å². The fourth-order valence-electron chi connectivity index (χ4n) is 4.39. The second kappa shape index (κ2) is 11.1. The van der Waals surface area contributed by atoms with E-state index in [4.69, 9.17) is 9.57 Å². The summed E-state index contributed by atoms with van der Waals surface area (Å²) in [5.74, 6) is -2.14. The molecule has 1 aromatic rings. The summed E-state index contributed by atoms with van der Waals surface area (Å²) in [5, 5.41) is 6.61. The third kappa shape index (κ3) is 5.96.